The summed E-state index contributed by atoms with van der Waals surface area (Å²) in [5, 5.41) is 7.65. The molecular formula is C12H17N5. The summed E-state index contributed by atoms with van der Waals surface area (Å²) in [5.74, 6) is 0.799. The second kappa shape index (κ2) is 4.53. The lowest BCUT2D eigenvalue weighted by Gasteiger charge is -2.06. The Kier molecular flexibility index (Phi) is 3.08. The van der Waals surface area contributed by atoms with Crippen molar-refractivity contribution in [2.75, 3.05) is 5.32 Å². The van der Waals surface area contributed by atoms with Gasteiger partial charge in [-0.05, 0) is 20.8 Å². The van der Waals surface area contributed by atoms with Crippen molar-refractivity contribution in [3.8, 4) is 0 Å². The van der Waals surface area contributed by atoms with Crippen LogP contribution in [0.15, 0.2) is 12.4 Å². The van der Waals surface area contributed by atoms with Gasteiger partial charge >= 0.3 is 0 Å². The molecule has 0 amide bonds. The Labute approximate surface area is 101 Å². The second-order valence-corrected chi connectivity index (χ2v) is 4.17. The summed E-state index contributed by atoms with van der Waals surface area (Å²) in [6.45, 7) is 6.74. The molecule has 17 heavy (non-hydrogen) atoms. The Hall–Kier alpha value is -1.91. The van der Waals surface area contributed by atoms with Crippen molar-refractivity contribution in [1.82, 2.24) is 19.7 Å². The molecule has 0 saturated heterocycles. The number of hydrogen-bond donors (Lipinski definition) is 1. The van der Waals surface area contributed by atoms with Gasteiger partial charge < -0.3 is 5.32 Å². The molecule has 5 heteroatoms. The highest BCUT2D eigenvalue weighted by atomic mass is 15.3. The first-order chi connectivity index (χ1) is 8.08. The molecule has 0 saturated carbocycles. The standard InChI is InChI=1S/C12H17N5/c1-8-5-13-7-12(15-8)14-6-11-9(2)16-17(4)10(11)3/h5,7H,6H2,1-4H3,(H,14,15). The average molecular weight is 231 g/mol. The predicted octanol–water partition coefficient (Wildman–Crippen LogP) is 1.75. The van der Waals surface area contributed by atoms with Crippen LogP contribution in [-0.2, 0) is 13.6 Å². The van der Waals surface area contributed by atoms with Gasteiger partial charge in [-0.25, -0.2) is 4.98 Å². The highest BCUT2D eigenvalue weighted by molar-refractivity contribution is 5.35. The molecule has 0 unspecified atom stereocenters. The third-order valence-electron chi connectivity index (χ3n) is 2.86. The number of aryl methyl sites for hydroxylation is 3. The highest BCUT2D eigenvalue weighted by Gasteiger charge is 2.08. The highest BCUT2D eigenvalue weighted by Crippen LogP contribution is 2.13. The molecule has 2 heterocycles. The van der Waals surface area contributed by atoms with E-state index in [4.69, 9.17) is 0 Å². The van der Waals surface area contributed by atoms with Gasteiger partial charge in [0.25, 0.3) is 0 Å². The van der Waals surface area contributed by atoms with Crippen molar-refractivity contribution in [1.29, 1.82) is 0 Å². The molecule has 0 bridgehead atoms. The molecule has 90 valence electrons. The topological polar surface area (TPSA) is 55.6 Å². The number of nitrogens with zero attached hydrogens (tertiary/aromatic N) is 4. The van der Waals surface area contributed by atoms with Crippen LogP contribution in [0.25, 0.3) is 0 Å². The summed E-state index contributed by atoms with van der Waals surface area (Å²) in [7, 11) is 1.96. The lowest BCUT2D eigenvalue weighted by Crippen LogP contribution is -2.04. The largest absolute Gasteiger partial charge is 0.365 e. The van der Waals surface area contributed by atoms with Crippen LogP contribution in [0.1, 0.15) is 22.6 Å². The summed E-state index contributed by atoms with van der Waals surface area (Å²) >= 11 is 0. The summed E-state index contributed by atoms with van der Waals surface area (Å²) < 4.78 is 1.90. The van der Waals surface area contributed by atoms with Crippen molar-refractivity contribution >= 4 is 5.82 Å². The molecule has 0 aliphatic rings. The van der Waals surface area contributed by atoms with Crippen LogP contribution in [0.4, 0.5) is 5.82 Å². The molecule has 2 aromatic rings. The Morgan fingerprint density at radius 1 is 1.24 bits per heavy atom. The third kappa shape index (κ3) is 2.43. The predicted molar refractivity (Wildman–Crippen MR) is 66.8 cm³/mol. The minimum absolute atomic E-state index is 0.726. The smallest absolute Gasteiger partial charge is 0.145 e. The average Bonchev–Trinajstić information content (AvgIpc) is 2.51. The molecule has 0 aliphatic carbocycles. The fraction of sp³-hybridized carbons (Fsp3) is 0.417. The Morgan fingerprint density at radius 3 is 2.59 bits per heavy atom. The zero-order chi connectivity index (χ0) is 12.4. The van der Waals surface area contributed by atoms with Crippen molar-refractivity contribution < 1.29 is 0 Å². The number of nitrogens with one attached hydrogen (secondary N) is 1. The van der Waals surface area contributed by atoms with Crippen LogP contribution in [-0.4, -0.2) is 19.7 Å². The van der Waals surface area contributed by atoms with E-state index in [9.17, 15) is 0 Å². The third-order valence-corrected chi connectivity index (χ3v) is 2.86. The van der Waals surface area contributed by atoms with Gasteiger partial charge in [0.15, 0.2) is 0 Å². The van der Waals surface area contributed by atoms with E-state index in [0.717, 1.165) is 23.8 Å². The minimum Gasteiger partial charge on any atom is -0.365 e. The lowest BCUT2D eigenvalue weighted by molar-refractivity contribution is 0.730. The molecule has 0 spiro atoms. The van der Waals surface area contributed by atoms with Gasteiger partial charge in [0.05, 0.1) is 17.6 Å². The number of aromatic nitrogens is 4. The minimum atomic E-state index is 0.726. The molecular weight excluding hydrogens is 214 g/mol. The van der Waals surface area contributed by atoms with E-state index < -0.39 is 0 Å². The fourth-order valence-corrected chi connectivity index (χ4v) is 1.80. The molecule has 0 aliphatic heterocycles. The number of hydrogen-bond acceptors (Lipinski definition) is 4. The first-order valence-corrected chi connectivity index (χ1v) is 5.59. The van der Waals surface area contributed by atoms with Crippen LogP contribution in [0.5, 0.6) is 0 Å². The molecule has 2 rings (SSSR count). The van der Waals surface area contributed by atoms with Crippen LogP contribution >= 0.6 is 0 Å². The van der Waals surface area contributed by atoms with Gasteiger partial charge in [-0.3, -0.25) is 9.67 Å². The molecule has 5 nitrogen and oxygen atoms in total. The van der Waals surface area contributed by atoms with E-state index in [1.807, 2.05) is 25.6 Å². The van der Waals surface area contributed by atoms with E-state index in [-0.39, 0.29) is 0 Å². The Morgan fingerprint density at radius 2 is 2.00 bits per heavy atom. The summed E-state index contributed by atoms with van der Waals surface area (Å²) in [5.41, 5.74) is 4.36. The van der Waals surface area contributed by atoms with E-state index in [2.05, 4.69) is 27.3 Å². The van der Waals surface area contributed by atoms with E-state index >= 15 is 0 Å². The van der Waals surface area contributed by atoms with Crippen molar-refractivity contribution in [3.63, 3.8) is 0 Å². The molecule has 0 aromatic carbocycles. The van der Waals surface area contributed by atoms with E-state index in [1.165, 1.54) is 11.3 Å². The van der Waals surface area contributed by atoms with Gasteiger partial charge in [0.2, 0.25) is 0 Å². The van der Waals surface area contributed by atoms with Crippen molar-refractivity contribution in [2.24, 2.45) is 7.05 Å². The maximum atomic E-state index is 4.38. The molecule has 0 fully saturated rings. The number of anilines is 1. The van der Waals surface area contributed by atoms with Gasteiger partial charge in [0.1, 0.15) is 5.82 Å². The molecule has 0 radical (unpaired) electrons. The molecule has 1 N–H and O–H groups in total. The zero-order valence-corrected chi connectivity index (χ0v) is 10.7. The monoisotopic (exact) mass is 231 g/mol. The molecule has 2 aromatic heterocycles. The van der Waals surface area contributed by atoms with Crippen LogP contribution in [0.3, 0.4) is 0 Å². The quantitative estimate of drug-likeness (QED) is 0.874. The zero-order valence-electron chi connectivity index (χ0n) is 10.7. The Balaban J connectivity index is 2.12. The van der Waals surface area contributed by atoms with Gasteiger partial charge in [-0.15, -0.1) is 0 Å². The SMILES string of the molecule is Cc1cncc(NCc2c(C)nn(C)c2C)n1. The summed E-state index contributed by atoms with van der Waals surface area (Å²) in [6.07, 6.45) is 3.47. The van der Waals surface area contributed by atoms with Gasteiger partial charge in [-0.1, -0.05) is 0 Å². The van der Waals surface area contributed by atoms with Crippen molar-refractivity contribution in [3.05, 3.63) is 35.0 Å². The first-order valence-electron chi connectivity index (χ1n) is 5.59. The maximum Gasteiger partial charge on any atom is 0.145 e. The van der Waals surface area contributed by atoms with Gasteiger partial charge in [-0.2, -0.15) is 5.10 Å². The first kappa shape index (κ1) is 11.6. The number of rotatable bonds is 3. The lowest BCUT2D eigenvalue weighted by atomic mass is 10.2. The van der Waals surface area contributed by atoms with E-state index in [1.54, 1.807) is 12.4 Å². The van der Waals surface area contributed by atoms with Gasteiger partial charge in [0, 0.05) is 31.0 Å². The fourth-order valence-electron chi connectivity index (χ4n) is 1.80. The van der Waals surface area contributed by atoms with Crippen LogP contribution < -0.4 is 5.32 Å². The van der Waals surface area contributed by atoms with Crippen molar-refractivity contribution in [2.45, 2.75) is 27.3 Å². The van der Waals surface area contributed by atoms with E-state index in [0.29, 0.717) is 0 Å². The van der Waals surface area contributed by atoms with Crippen LogP contribution in [0.2, 0.25) is 0 Å². The maximum absolute atomic E-state index is 4.38. The second-order valence-electron chi connectivity index (χ2n) is 4.17. The molecule has 0 atom stereocenters. The normalized spacial score (nSPS) is 10.6. The summed E-state index contributed by atoms with van der Waals surface area (Å²) in [4.78, 5) is 8.45. The van der Waals surface area contributed by atoms with Crippen LogP contribution in [0, 0.1) is 20.8 Å². The summed E-state index contributed by atoms with van der Waals surface area (Å²) in [6, 6.07) is 0. The Bertz CT molecular complexity index is 530.